The molecular formula is C24H27ClN2O7. The minimum Gasteiger partial charge on any atom is -0.394 e. The summed E-state index contributed by atoms with van der Waals surface area (Å²) in [5.74, 6) is -0.269. The number of rotatable bonds is 6. The minimum absolute atomic E-state index is 0.0669. The van der Waals surface area contributed by atoms with E-state index in [0.29, 0.717) is 29.2 Å². The Labute approximate surface area is 201 Å². The van der Waals surface area contributed by atoms with Gasteiger partial charge in [-0.05, 0) is 48.2 Å². The summed E-state index contributed by atoms with van der Waals surface area (Å²) in [4.78, 5) is 27.3. The van der Waals surface area contributed by atoms with Crippen molar-refractivity contribution in [3.05, 3.63) is 64.2 Å². The maximum Gasteiger partial charge on any atom is 0.331 e. The first-order valence-electron chi connectivity index (χ1n) is 11.0. The molecule has 34 heavy (non-hydrogen) atoms. The molecule has 0 spiro atoms. The molecule has 2 aliphatic heterocycles. The maximum absolute atomic E-state index is 12.4. The highest BCUT2D eigenvalue weighted by molar-refractivity contribution is 6.31. The van der Waals surface area contributed by atoms with Crippen LogP contribution in [0, 0.1) is 0 Å². The molecule has 2 saturated heterocycles. The van der Waals surface area contributed by atoms with Gasteiger partial charge in [0.25, 0.3) is 5.91 Å². The Hall–Kier alpha value is -2.53. The molecule has 5 atom stereocenters. The number of benzene rings is 2. The van der Waals surface area contributed by atoms with Crippen LogP contribution in [0.3, 0.4) is 0 Å². The summed E-state index contributed by atoms with van der Waals surface area (Å²) < 4.78 is 5.65. The molecule has 2 aliphatic rings. The van der Waals surface area contributed by atoms with E-state index in [0.717, 1.165) is 11.1 Å². The molecule has 3 amide bonds. The van der Waals surface area contributed by atoms with Gasteiger partial charge in [0, 0.05) is 11.6 Å². The highest BCUT2D eigenvalue weighted by Crippen LogP contribution is 2.34. The molecular weight excluding hydrogens is 464 g/mol. The number of carbonyl (C=O) groups excluding carboxylic acids is 2. The van der Waals surface area contributed by atoms with Gasteiger partial charge in [0.15, 0.2) is 0 Å². The number of hydrogen-bond donors (Lipinski definition) is 4. The molecule has 0 bridgehead atoms. The molecule has 0 radical (unpaired) electrons. The number of anilines is 1. The van der Waals surface area contributed by atoms with E-state index in [2.05, 4.69) is 0 Å². The van der Waals surface area contributed by atoms with Crippen molar-refractivity contribution in [1.29, 1.82) is 0 Å². The van der Waals surface area contributed by atoms with Crippen molar-refractivity contribution in [1.82, 2.24) is 4.90 Å². The molecule has 0 unspecified atom stereocenters. The van der Waals surface area contributed by atoms with Crippen LogP contribution < -0.4 is 4.90 Å². The zero-order valence-corrected chi connectivity index (χ0v) is 19.3. The van der Waals surface area contributed by atoms with Gasteiger partial charge in [-0.2, -0.15) is 0 Å². The van der Waals surface area contributed by atoms with Gasteiger partial charge in [-0.1, -0.05) is 35.9 Å². The minimum atomic E-state index is -1.47. The van der Waals surface area contributed by atoms with Crippen LogP contribution in [0.1, 0.15) is 29.7 Å². The van der Waals surface area contributed by atoms with Gasteiger partial charge < -0.3 is 30.1 Å². The van der Waals surface area contributed by atoms with Crippen LogP contribution in [0.2, 0.25) is 5.02 Å². The fourth-order valence-corrected chi connectivity index (χ4v) is 4.50. The fraction of sp³-hybridized carbons (Fsp3) is 0.417. The Balaban J connectivity index is 1.53. The molecule has 2 fully saturated rings. The normalized spacial score (nSPS) is 27.5. The number of halogens is 1. The van der Waals surface area contributed by atoms with Crippen molar-refractivity contribution in [2.24, 2.45) is 0 Å². The van der Waals surface area contributed by atoms with Crippen molar-refractivity contribution in [2.45, 2.75) is 43.9 Å². The molecule has 0 aromatic heterocycles. The van der Waals surface area contributed by atoms with Crippen LogP contribution in [0.5, 0.6) is 0 Å². The van der Waals surface area contributed by atoms with Gasteiger partial charge in [0.05, 0.1) is 12.3 Å². The van der Waals surface area contributed by atoms with E-state index < -0.39 is 37.1 Å². The molecule has 0 aliphatic carbocycles. The number of ether oxygens (including phenoxy) is 1. The number of imide groups is 1. The molecule has 0 saturated carbocycles. The maximum atomic E-state index is 12.4. The van der Waals surface area contributed by atoms with Crippen molar-refractivity contribution in [2.75, 3.05) is 24.6 Å². The average Bonchev–Trinajstić information content (AvgIpc) is 3.13. The lowest BCUT2D eigenvalue weighted by atomic mass is 9.90. The van der Waals surface area contributed by atoms with Crippen molar-refractivity contribution in [3.8, 4) is 0 Å². The summed E-state index contributed by atoms with van der Waals surface area (Å²) in [5, 5.41) is 40.5. The lowest BCUT2D eigenvalue weighted by molar-refractivity contribution is -0.231. The first-order valence-corrected chi connectivity index (χ1v) is 11.4. The number of carbonyl (C=O) groups is 2. The number of urea groups is 1. The highest BCUT2D eigenvalue weighted by atomic mass is 35.5. The summed E-state index contributed by atoms with van der Waals surface area (Å²) in [5.41, 5.74) is 2.65. The summed E-state index contributed by atoms with van der Waals surface area (Å²) in [6.45, 7) is 1.84. The zero-order chi connectivity index (χ0) is 24.6. The van der Waals surface area contributed by atoms with Crippen molar-refractivity contribution >= 4 is 29.2 Å². The van der Waals surface area contributed by atoms with Crippen LogP contribution >= 0.6 is 11.6 Å². The third kappa shape index (κ3) is 4.55. The largest absolute Gasteiger partial charge is 0.394 e. The molecule has 4 N–H and O–H groups in total. The van der Waals surface area contributed by atoms with Crippen LogP contribution in [0.25, 0.3) is 0 Å². The molecule has 9 nitrogen and oxygen atoms in total. The number of amides is 3. The SMILES string of the molecule is CCN1CC(=O)N(c2ccc(Cc3cc([C@@H]4O[C@H](CO)[C@@H](O)[C@H](O)[C@H]4O)ccc3Cl)cc2)C1=O. The van der Waals surface area contributed by atoms with Crippen LogP contribution in [0.4, 0.5) is 10.5 Å². The molecule has 4 rings (SSSR count). The third-order valence-corrected chi connectivity index (χ3v) is 6.67. The van der Waals surface area contributed by atoms with Crippen LogP contribution in [-0.2, 0) is 16.0 Å². The van der Waals surface area contributed by atoms with Gasteiger partial charge in [0.1, 0.15) is 37.1 Å². The van der Waals surface area contributed by atoms with E-state index in [-0.39, 0.29) is 18.5 Å². The molecule has 2 aromatic carbocycles. The van der Waals surface area contributed by atoms with Gasteiger partial charge in [-0.3, -0.25) is 4.79 Å². The average molecular weight is 491 g/mol. The Bertz CT molecular complexity index is 1060. The second kappa shape index (κ2) is 9.99. The van der Waals surface area contributed by atoms with Gasteiger partial charge >= 0.3 is 6.03 Å². The first kappa shape index (κ1) is 24.6. The van der Waals surface area contributed by atoms with E-state index in [1.165, 1.54) is 9.80 Å². The Kier molecular flexibility index (Phi) is 7.22. The number of likely N-dealkylation sites (N-methyl/N-ethyl adjacent to an activating group) is 1. The van der Waals surface area contributed by atoms with Gasteiger partial charge in [-0.25, -0.2) is 9.69 Å². The van der Waals surface area contributed by atoms with Gasteiger partial charge in [-0.15, -0.1) is 0 Å². The van der Waals surface area contributed by atoms with Crippen molar-refractivity contribution in [3.63, 3.8) is 0 Å². The molecule has 2 heterocycles. The van der Waals surface area contributed by atoms with Crippen molar-refractivity contribution < 1.29 is 34.8 Å². The molecule has 10 heteroatoms. The van der Waals surface area contributed by atoms with E-state index >= 15 is 0 Å². The van der Waals surface area contributed by atoms with E-state index in [4.69, 9.17) is 16.3 Å². The quantitative estimate of drug-likeness (QED) is 0.448. The zero-order valence-electron chi connectivity index (χ0n) is 18.5. The Morgan fingerprint density at radius 3 is 2.35 bits per heavy atom. The lowest BCUT2D eigenvalue weighted by Crippen LogP contribution is -2.55. The predicted molar refractivity (Wildman–Crippen MR) is 124 cm³/mol. The summed E-state index contributed by atoms with van der Waals surface area (Å²) >= 11 is 6.40. The van der Waals surface area contributed by atoms with Crippen LogP contribution in [-0.4, -0.2) is 81.4 Å². The van der Waals surface area contributed by atoms with E-state index in [1.54, 1.807) is 42.5 Å². The smallest absolute Gasteiger partial charge is 0.331 e. The fourth-order valence-electron chi connectivity index (χ4n) is 4.32. The summed E-state index contributed by atoms with van der Waals surface area (Å²) in [7, 11) is 0. The number of aliphatic hydroxyl groups excluding tert-OH is 4. The third-order valence-electron chi connectivity index (χ3n) is 6.30. The van der Waals surface area contributed by atoms with Crippen LogP contribution in [0.15, 0.2) is 42.5 Å². The Morgan fingerprint density at radius 2 is 1.74 bits per heavy atom. The lowest BCUT2D eigenvalue weighted by Gasteiger charge is -2.40. The second-order valence-corrected chi connectivity index (χ2v) is 8.88. The number of aliphatic hydroxyl groups is 4. The topological polar surface area (TPSA) is 131 Å². The monoisotopic (exact) mass is 490 g/mol. The number of nitrogens with zero attached hydrogens (tertiary/aromatic N) is 2. The Morgan fingerprint density at radius 1 is 1.03 bits per heavy atom. The van der Waals surface area contributed by atoms with E-state index in [9.17, 15) is 30.0 Å². The first-order chi connectivity index (χ1) is 16.2. The molecule has 182 valence electrons. The second-order valence-electron chi connectivity index (χ2n) is 8.47. The summed E-state index contributed by atoms with van der Waals surface area (Å²) in [6.07, 6.45) is -5.82. The number of hydrogen-bond acceptors (Lipinski definition) is 7. The van der Waals surface area contributed by atoms with Gasteiger partial charge in [0.2, 0.25) is 0 Å². The predicted octanol–water partition coefficient (Wildman–Crippen LogP) is 1.23. The molecule has 2 aromatic rings. The summed E-state index contributed by atoms with van der Waals surface area (Å²) in [6, 6.07) is 11.8. The standard InChI is InChI=1S/C24H27ClN2O7/c1-2-26-11-19(29)27(24(26)33)16-6-3-13(4-7-16)9-15-10-14(5-8-17(15)25)23-22(32)21(31)20(30)18(12-28)34-23/h3-8,10,18,20-23,28,30-32H,2,9,11-12H2,1H3/t18-,20-,21+,22-,23+/m1/s1. The van der Waals surface area contributed by atoms with E-state index in [1.807, 2.05) is 6.92 Å². The highest BCUT2D eigenvalue weighted by Gasteiger charge is 2.44.